The van der Waals surface area contributed by atoms with Crippen molar-refractivity contribution < 1.29 is 32.3 Å². The van der Waals surface area contributed by atoms with Crippen LogP contribution >= 0.6 is 0 Å². The van der Waals surface area contributed by atoms with Crippen LogP contribution in [0.25, 0.3) is 0 Å². The Balaban J connectivity index is 1.77. The lowest BCUT2D eigenvalue weighted by Gasteiger charge is -2.54. The van der Waals surface area contributed by atoms with Crippen LogP contribution in [0.15, 0.2) is 24.3 Å². The largest absolute Gasteiger partial charge is 0.460 e. The predicted molar refractivity (Wildman–Crippen MR) is 96.3 cm³/mol. The Hall–Kier alpha value is -2.58. The number of piperazine rings is 1. The van der Waals surface area contributed by atoms with Crippen LogP contribution < -0.4 is 5.32 Å². The van der Waals surface area contributed by atoms with Crippen molar-refractivity contribution in [1.29, 1.82) is 0 Å². The molecule has 1 aromatic carbocycles. The summed E-state index contributed by atoms with van der Waals surface area (Å²) in [6.07, 6.45) is -4.20. The summed E-state index contributed by atoms with van der Waals surface area (Å²) in [5.74, 6) is -1.64. The molecule has 158 valence electrons. The monoisotopic (exact) mass is 412 g/mol. The van der Waals surface area contributed by atoms with Crippen molar-refractivity contribution in [2.45, 2.75) is 57.5 Å². The summed E-state index contributed by atoms with van der Waals surface area (Å²) in [6, 6.07) is 4.47. The number of amides is 2. The molecule has 0 radical (unpaired) electrons. The average Bonchev–Trinajstić information content (AvgIpc) is 2.55. The first-order valence-electron chi connectivity index (χ1n) is 9.30. The molecule has 2 aliphatic rings. The molecule has 29 heavy (non-hydrogen) atoms. The molecular formula is C20H23F3N2O4. The van der Waals surface area contributed by atoms with Gasteiger partial charge in [-0.25, -0.2) is 0 Å². The third-order valence-corrected chi connectivity index (χ3v) is 5.17. The van der Waals surface area contributed by atoms with E-state index in [0.29, 0.717) is 5.56 Å². The summed E-state index contributed by atoms with van der Waals surface area (Å²) >= 11 is 0. The van der Waals surface area contributed by atoms with Gasteiger partial charge in [0.25, 0.3) is 0 Å². The Labute approximate surface area is 166 Å². The van der Waals surface area contributed by atoms with Crippen LogP contribution in [0, 0.1) is 5.92 Å². The highest BCUT2D eigenvalue weighted by Gasteiger charge is 2.60. The van der Waals surface area contributed by atoms with Gasteiger partial charge in [0.1, 0.15) is 11.1 Å². The second-order valence-electron chi connectivity index (χ2n) is 8.53. The van der Waals surface area contributed by atoms with E-state index in [4.69, 9.17) is 4.74 Å². The molecule has 1 aliphatic heterocycles. The van der Waals surface area contributed by atoms with Crippen molar-refractivity contribution in [2.75, 3.05) is 6.54 Å². The van der Waals surface area contributed by atoms with Gasteiger partial charge in [0, 0.05) is 6.54 Å². The van der Waals surface area contributed by atoms with Gasteiger partial charge in [-0.2, -0.15) is 13.2 Å². The molecular weight excluding hydrogens is 389 g/mol. The average molecular weight is 412 g/mol. The maximum Gasteiger partial charge on any atom is 0.416 e. The van der Waals surface area contributed by atoms with Gasteiger partial charge >= 0.3 is 12.1 Å². The van der Waals surface area contributed by atoms with Gasteiger partial charge in [-0.05, 0) is 51.3 Å². The lowest BCUT2D eigenvalue weighted by molar-refractivity contribution is -0.180. The molecule has 1 N–H and O–H groups in total. The SMILES string of the molecule is CC(C)(C)OC(=O)C1CC2(C1)C(=O)NCC(=O)N2Cc1ccc(C(F)(F)F)cc1. The Kier molecular flexibility index (Phi) is 5.13. The van der Waals surface area contributed by atoms with E-state index in [1.807, 2.05) is 0 Å². The summed E-state index contributed by atoms with van der Waals surface area (Å²) in [4.78, 5) is 38.7. The Morgan fingerprint density at radius 2 is 1.76 bits per heavy atom. The highest BCUT2D eigenvalue weighted by Crippen LogP contribution is 2.46. The van der Waals surface area contributed by atoms with Crippen LogP contribution in [-0.4, -0.2) is 40.4 Å². The first-order valence-corrected chi connectivity index (χ1v) is 9.30. The molecule has 1 aliphatic carbocycles. The highest BCUT2D eigenvalue weighted by atomic mass is 19.4. The third-order valence-electron chi connectivity index (χ3n) is 5.17. The zero-order valence-electron chi connectivity index (χ0n) is 16.4. The molecule has 6 nitrogen and oxygen atoms in total. The fourth-order valence-corrected chi connectivity index (χ4v) is 3.71. The number of halogens is 3. The number of carbonyl (C=O) groups is 3. The molecule has 1 saturated heterocycles. The van der Waals surface area contributed by atoms with Crippen molar-refractivity contribution in [3.63, 3.8) is 0 Å². The number of esters is 1. The number of hydrogen-bond donors (Lipinski definition) is 1. The molecule has 1 saturated carbocycles. The van der Waals surface area contributed by atoms with Gasteiger partial charge in [0.05, 0.1) is 18.0 Å². The van der Waals surface area contributed by atoms with Gasteiger partial charge in [-0.3, -0.25) is 14.4 Å². The first kappa shape index (κ1) is 21.1. The summed E-state index contributed by atoms with van der Waals surface area (Å²) in [6.45, 7) is 5.04. The van der Waals surface area contributed by atoms with E-state index in [-0.39, 0.29) is 37.7 Å². The van der Waals surface area contributed by atoms with Crippen molar-refractivity contribution >= 4 is 17.8 Å². The minimum Gasteiger partial charge on any atom is -0.460 e. The van der Waals surface area contributed by atoms with Crippen LogP contribution in [0.4, 0.5) is 13.2 Å². The number of benzene rings is 1. The number of alkyl halides is 3. The zero-order chi connectivity index (χ0) is 21.6. The molecule has 2 amide bonds. The number of hydrogen-bond acceptors (Lipinski definition) is 4. The standard InChI is InChI=1S/C20H23F3N2O4/c1-18(2,3)29-16(27)13-8-19(9-13)17(28)24-10-15(26)25(19)11-12-4-6-14(7-5-12)20(21,22)23/h4-7,13H,8-11H2,1-3H3,(H,24,28). The third kappa shape index (κ3) is 4.23. The second kappa shape index (κ2) is 7.03. The van der Waals surface area contributed by atoms with Crippen molar-refractivity contribution in [2.24, 2.45) is 5.92 Å². The molecule has 1 heterocycles. The number of rotatable bonds is 3. The maximum atomic E-state index is 12.8. The molecule has 0 bridgehead atoms. The molecule has 3 rings (SSSR count). The summed E-state index contributed by atoms with van der Waals surface area (Å²) in [5.41, 5.74) is -2.15. The molecule has 0 unspecified atom stereocenters. The fourth-order valence-electron chi connectivity index (χ4n) is 3.71. The molecule has 0 atom stereocenters. The molecule has 1 spiro atoms. The van der Waals surface area contributed by atoms with E-state index in [0.717, 1.165) is 12.1 Å². The smallest absolute Gasteiger partial charge is 0.416 e. The van der Waals surface area contributed by atoms with E-state index in [1.165, 1.54) is 17.0 Å². The van der Waals surface area contributed by atoms with Gasteiger partial charge in [0.2, 0.25) is 11.8 Å². The van der Waals surface area contributed by atoms with Crippen LogP contribution in [0.5, 0.6) is 0 Å². The summed E-state index contributed by atoms with van der Waals surface area (Å²) < 4.78 is 43.6. The molecule has 2 fully saturated rings. The Morgan fingerprint density at radius 3 is 2.28 bits per heavy atom. The summed E-state index contributed by atoms with van der Waals surface area (Å²) in [7, 11) is 0. The number of ether oxygens (including phenoxy) is 1. The lowest BCUT2D eigenvalue weighted by atomic mass is 9.65. The van der Waals surface area contributed by atoms with Crippen LogP contribution in [0.3, 0.4) is 0 Å². The first-order chi connectivity index (χ1) is 13.3. The maximum absolute atomic E-state index is 12.8. The molecule has 9 heteroatoms. The quantitative estimate of drug-likeness (QED) is 0.775. The minimum absolute atomic E-state index is 0.00850. The summed E-state index contributed by atoms with van der Waals surface area (Å²) in [5, 5.41) is 2.55. The number of nitrogens with one attached hydrogen (secondary N) is 1. The van der Waals surface area contributed by atoms with Gasteiger partial charge < -0.3 is 15.0 Å². The molecule has 1 aromatic rings. The topological polar surface area (TPSA) is 75.7 Å². The number of nitrogens with zero attached hydrogens (tertiary/aromatic N) is 1. The van der Waals surface area contributed by atoms with Gasteiger partial charge in [0.15, 0.2) is 0 Å². The molecule has 0 aromatic heterocycles. The van der Waals surface area contributed by atoms with Gasteiger partial charge in [-0.15, -0.1) is 0 Å². The Bertz CT molecular complexity index is 822. The van der Waals surface area contributed by atoms with E-state index in [9.17, 15) is 27.6 Å². The lowest BCUT2D eigenvalue weighted by Crippen LogP contribution is -2.72. The second-order valence-corrected chi connectivity index (χ2v) is 8.53. The van der Waals surface area contributed by atoms with E-state index in [2.05, 4.69) is 5.32 Å². The van der Waals surface area contributed by atoms with E-state index in [1.54, 1.807) is 20.8 Å². The van der Waals surface area contributed by atoms with Crippen molar-refractivity contribution in [1.82, 2.24) is 10.2 Å². The normalized spacial score (nSPS) is 24.9. The Morgan fingerprint density at radius 1 is 1.17 bits per heavy atom. The van der Waals surface area contributed by atoms with Crippen LogP contribution in [0.1, 0.15) is 44.7 Å². The van der Waals surface area contributed by atoms with E-state index < -0.39 is 34.8 Å². The predicted octanol–water partition coefficient (Wildman–Crippen LogP) is 2.65. The zero-order valence-corrected chi connectivity index (χ0v) is 16.4. The number of carbonyl (C=O) groups excluding carboxylic acids is 3. The minimum atomic E-state index is -4.45. The van der Waals surface area contributed by atoms with Crippen molar-refractivity contribution in [3.05, 3.63) is 35.4 Å². The highest BCUT2D eigenvalue weighted by molar-refractivity contribution is 6.00. The van der Waals surface area contributed by atoms with Crippen LogP contribution in [0.2, 0.25) is 0 Å². The van der Waals surface area contributed by atoms with Crippen LogP contribution in [-0.2, 0) is 31.8 Å². The van der Waals surface area contributed by atoms with Gasteiger partial charge in [-0.1, -0.05) is 12.1 Å². The van der Waals surface area contributed by atoms with E-state index >= 15 is 0 Å². The fraction of sp³-hybridized carbons (Fsp3) is 0.550. The van der Waals surface area contributed by atoms with Crippen molar-refractivity contribution in [3.8, 4) is 0 Å².